The van der Waals surface area contributed by atoms with Gasteiger partial charge in [-0.15, -0.1) is 0 Å². The Morgan fingerprint density at radius 1 is 1.38 bits per heavy atom. The highest BCUT2D eigenvalue weighted by molar-refractivity contribution is 8.24. The summed E-state index contributed by atoms with van der Waals surface area (Å²) >= 11 is 5.88. The summed E-state index contributed by atoms with van der Waals surface area (Å²) < 4.78 is 21.0. The maximum atomic E-state index is 10.9. The number of nitro benzene ring substituents is 1. The molecule has 0 radical (unpaired) electrons. The molecule has 1 saturated heterocycles. The molecule has 2 heterocycles. The number of nitrogens with zero attached hydrogens (tertiary/aromatic N) is 3. The summed E-state index contributed by atoms with van der Waals surface area (Å²) in [6.45, 7) is 0. The van der Waals surface area contributed by atoms with Gasteiger partial charge in [0.25, 0.3) is 5.69 Å². The Kier molecular flexibility index (Phi) is 3.56. The van der Waals surface area contributed by atoms with Crippen molar-refractivity contribution in [1.82, 2.24) is 9.78 Å². The molecule has 1 aliphatic rings. The summed E-state index contributed by atoms with van der Waals surface area (Å²) in [5, 5.41) is 16.0. The smallest absolute Gasteiger partial charge is 0.288 e. The predicted molar refractivity (Wildman–Crippen MR) is 82.3 cm³/mol. The monoisotopic (exact) mass is 331 g/mol. The van der Waals surface area contributed by atoms with Gasteiger partial charge in [0, 0.05) is 29.2 Å². The van der Waals surface area contributed by atoms with E-state index in [9.17, 15) is 19.2 Å². The predicted octanol–water partition coefficient (Wildman–Crippen LogP) is 3.68. The molecule has 21 heavy (non-hydrogen) atoms. The molecular formula is C12H14ClN3O4S. The van der Waals surface area contributed by atoms with E-state index in [1.807, 2.05) is 0 Å². The van der Waals surface area contributed by atoms with Gasteiger partial charge < -0.3 is 0 Å². The third kappa shape index (κ3) is 2.84. The zero-order valence-electron chi connectivity index (χ0n) is 11.0. The molecule has 0 atom stereocenters. The number of aromatic nitrogens is 2. The Morgan fingerprint density at radius 3 is 2.67 bits per heavy atom. The Morgan fingerprint density at radius 2 is 2.05 bits per heavy atom. The van der Waals surface area contributed by atoms with Crippen LogP contribution in [0.5, 0.6) is 0 Å². The molecule has 0 aliphatic carbocycles. The van der Waals surface area contributed by atoms with E-state index in [0.29, 0.717) is 35.3 Å². The van der Waals surface area contributed by atoms with Crippen LogP contribution in [0.4, 0.5) is 5.69 Å². The third-order valence-electron chi connectivity index (χ3n) is 3.72. The van der Waals surface area contributed by atoms with E-state index in [4.69, 9.17) is 11.6 Å². The van der Waals surface area contributed by atoms with Crippen LogP contribution in [0.1, 0.15) is 18.9 Å². The highest BCUT2D eigenvalue weighted by Gasteiger charge is 2.26. The molecule has 3 rings (SSSR count). The lowest BCUT2D eigenvalue weighted by Gasteiger charge is -2.39. The van der Waals surface area contributed by atoms with E-state index in [2.05, 4.69) is 5.10 Å². The molecular weight excluding hydrogens is 318 g/mol. The van der Waals surface area contributed by atoms with Crippen molar-refractivity contribution >= 4 is 38.8 Å². The fourth-order valence-electron chi connectivity index (χ4n) is 2.54. The van der Waals surface area contributed by atoms with Gasteiger partial charge in [0.05, 0.1) is 16.5 Å². The summed E-state index contributed by atoms with van der Waals surface area (Å²) in [6.07, 6.45) is 3.01. The fraction of sp³-hybridized carbons (Fsp3) is 0.417. The van der Waals surface area contributed by atoms with Gasteiger partial charge in [-0.3, -0.25) is 23.9 Å². The Labute approximate surface area is 127 Å². The molecule has 7 nitrogen and oxygen atoms in total. The van der Waals surface area contributed by atoms with Crippen LogP contribution in [0.3, 0.4) is 0 Å². The van der Waals surface area contributed by atoms with Gasteiger partial charge in [-0.2, -0.15) is 15.7 Å². The van der Waals surface area contributed by atoms with Crippen molar-refractivity contribution in [3.05, 3.63) is 33.5 Å². The minimum absolute atomic E-state index is 0.0653. The summed E-state index contributed by atoms with van der Waals surface area (Å²) in [6, 6.07) is 2.98. The largest absolute Gasteiger partial charge is 0.299 e. The van der Waals surface area contributed by atoms with E-state index < -0.39 is 15.5 Å². The first-order valence-corrected chi connectivity index (χ1v) is 8.68. The average molecular weight is 332 g/mol. The number of halogens is 1. The molecule has 0 bridgehead atoms. The van der Waals surface area contributed by atoms with Crippen molar-refractivity contribution in [2.45, 2.75) is 18.9 Å². The lowest BCUT2D eigenvalue weighted by atomic mass is 10.1. The molecule has 9 heteroatoms. The minimum atomic E-state index is -2.43. The SMILES string of the molecule is O=[N+]([O-])c1cc2cn(C3CCS(O)(O)CC3)nc2cc1Cl. The van der Waals surface area contributed by atoms with Gasteiger partial charge in [-0.25, -0.2) is 0 Å². The van der Waals surface area contributed by atoms with Gasteiger partial charge in [-0.1, -0.05) is 11.6 Å². The summed E-state index contributed by atoms with van der Waals surface area (Å²) in [5.74, 6) is 0.740. The van der Waals surface area contributed by atoms with E-state index in [1.54, 1.807) is 10.9 Å². The van der Waals surface area contributed by atoms with E-state index >= 15 is 0 Å². The standard InChI is InChI=1S/C12H14ClN3O4S/c13-10-6-11-8(5-12(10)16(17)18)7-15(14-11)9-1-3-21(19,20)4-2-9/h5-7,9,19-20H,1-4H2. The molecule has 0 amide bonds. The first kappa shape index (κ1) is 14.6. The Hall–Kier alpha value is -1.35. The quantitative estimate of drug-likeness (QED) is 0.645. The van der Waals surface area contributed by atoms with E-state index in [1.165, 1.54) is 12.1 Å². The number of benzene rings is 1. The molecule has 0 spiro atoms. The van der Waals surface area contributed by atoms with E-state index in [0.717, 1.165) is 0 Å². The maximum absolute atomic E-state index is 10.9. The highest BCUT2D eigenvalue weighted by Crippen LogP contribution is 2.47. The van der Waals surface area contributed by atoms with Crippen molar-refractivity contribution in [3.63, 3.8) is 0 Å². The molecule has 114 valence electrons. The first-order valence-electron chi connectivity index (χ1n) is 6.42. The topological polar surface area (TPSA) is 101 Å². The second-order valence-electron chi connectivity index (χ2n) is 5.17. The zero-order valence-corrected chi connectivity index (χ0v) is 12.5. The number of rotatable bonds is 2. The van der Waals surface area contributed by atoms with Crippen molar-refractivity contribution in [1.29, 1.82) is 0 Å². The molecule has 2 N–H and O–H groups in total. The number of nitro groups is 1. The van der Waals surface area contributed by atoms with Gasteiger partial charge in [0.2, 0.25) is 0 Å². The van der Waals surface area contributed by atoms with Crippen LogP contribution in [-0.2, 0) is 0 Å². The van der Waals surface area contributed by atoms with Crippen LogP contribution < -0.4 is 0 Å². The summed E-state index contributed by atoms with van der Waals surface area (Å²) in [5.41, 5.74) is 0.462. The molecule has 0 saturated carbocycles. The van der Waals surface area contributed by atoms with Gasteiger partial charge in [-0.05, 0) is 18.9 Å². The van der Waals surface area contributed by atoms with Crippen LogP contribution in [0.2, 0.25) is 5.02 Å². The fourth-order valence-corrected chi connectivity index (χ4v) is 4.27. The van der Waals surface area contributed by atoms with Crippen molar-refractivity contribution in [2.75, 3.05) is 11.5 Å². The molecule has 2 aromatic rings. The van der Waals surface area contributed by atoms with E-state index in [-0.39, 0.29) is 16.8 Å². The Balaban J connectivity index is 1.93. The van der Waals surface area contributed by atoms with Crippen molar-refractivity contribution in [3.8, 4) is 0 Å². The molecule has 1 aromatic carbocycles. The van der Waals surface area contributed by atoms with Crippen LogP contribution in [0.15, 0.2) is 18.3 Å². The molecule has 1 aromatic heterocycles. The maximum Gasteiger partial charge on any atom is 0.288 e. The van der Waals surface area contributed by atoms with Crippen LogP contribution in [0.25, 0.3) is 10.9 Å². The molecule has 1 fully saturated rings. The summed E-state index contributed by atoms with van der Waals surface area (Å²) in [4.78, 5) is 10.4. The second-order valence-corrected chi connectivity index (χ2v) is 8.00. The first-order chi connectivity index (χ1) is 9.85. The normalized spacial score (nSPS) is 20.5. The minimum Gasteiger partial charge on any atom is -0.299 e. The third-order valence-corrected chi connectivity index (χ3v) is 5.80. The van der Waals surface area contributed by atoms with Crippen LogP contribution in [-0.4, -0.2) is 35.3 Å². The van der Waals surface area contributed by atoms with Crippen molar-refractivity contribution < 1.29 is 14.0 Å². The molecule has 0 unspecified atom stereocenters. The second kappa shape index (κ2) is 5.13. The molecule has 1 aliphatic heterocycles. The number of hydrogen-bond donors (Lipinski definition) is 2. The van der Waals surface area contributed by atoms with Crippen LogP contribution in [0, 0.1) is 10.1 Å². The average Bonchev–Trinajstić information content (AvgIpc) is 2.80. The lowest BCUT2D eigenvalue weighted by Crippen LogP contribution is -2.23. The zero-order chi connectivity index (χ0) is 15.2. The lowest BCUT2D eigenvalue weighted by molar-refractivity contribution is -0.384. The van der Waals surface area contributed by atoms with Gasteiger partial charge in [0.1, 0.15) is 5.02 Å². The number of fused-ring (bicyclic) bond motifs is 1. The van der Waals surface area contributed by atoms with Gasteiger partial charge >= 0.3 is 0 Å². The van der Waals surface area contributed by atoms with Gasteiger partial charge in [0.15, 0.2) is 0 Å². The number of hydrogen-bond acceptors (Lipinski definition) is 5. The van der Waals surface area contributed by atoms with Crippen molar-refractivity contribution in [2.24, 2.45) is 0 Å². The highest BCUT2D eigenvalue weighted by atomic mass is 35.5. The van der Waals surface area contributed by atoms with Crippen LogP contribution >= 0.6 is 22.2 Å². The summed E-state index contributed by atoms with van der Waals surface area (Å²) in [7, 11) is -2.43. The Bertz CT molecular complexity index is 708.